The van der Waals surface area contributed by atoms with Crippen molar-refractivity contribution < 1.29 is 9.90 Å². The number of hydrogen-bond donors (Lipinski definition) is 2. The molecule has 1 aromatic heterocycles. The van der Waals surface area contributed by atoms with Gasteiger partial charge in [-0.1, -0.05) is 21.2 Å². The van der Waals surface area contributed by atoms with E-state index in [1.54, 1.807) is 0 Å². The third-order valence-corrected chi connectivity index (χ3v) is 2.54. The van der Waals surface area contributed by atoms with Crippen LogP contribution in [0.4, 0.5) is 5.13 Å². The monoisotopic (exact) mass is 256 g/mol. The Morgan fingerprint density at radius 2 is 2.31 bits per heavy atom. The van der Waals surface area contributed by atoms with Gasteiger partial charge in [0.25, 0.3) is 5.91 Å². The second kappa shape index (κ2) is 4.42. The van der Waals surface area contributed by atoms with Crippen LogP contribution in [-0.4, -0.2) is 25.8 Å². The molecule has 0 aliphatic carbocycles. The second-order valence-electron chi connectivity index (χ2n) is 2.79. The van der Waals surface area contributed by atoms with Crippen molar-refractivity contribution in [3.8, 4) is 5.75 Å². The summed E-state index contributed by atoms with van der Waals surface area (Å²) in [6.07, 6.45) is 0. The number of carbonyl (C=O) groups is 1. The number of halogens is 1. The predicted octanol–water partition coefficient (Wildman–Crippen LogP) is 1.54. The average Bonchev–Trinajstić information content (AvgIpc) is 2.74. The smallest absolute Gasteiger partial charge is 0.257 e. The zero-order valence-electron chi connectivity index (χ0n) is 7.72. The van der Waals surface area contributed by atoms with Gasteiger partial charge in [-0.25, -0.2) is 0 Å². The number of anilines is 1. The number of hydrogen-bond acceptors (Lipinski definition) is 6. The van der Waals surface area contributed by atoms with Crippen LogP contribution >= 0.6 is 23.1 Å². The summed E-state index contributed by atoms with van der Waals surface area (Å²) in [5.74, 6) is -0.462. The van der Waals surface area contributed by atoms with Gasteiger partial charge in [-0.15, -0.1) is 0 Å². The van der Waals surface area contributed by atoms with Crippen LogP contribution in [-0.2, 0) is 0 Å². The molecule has 0 unspecified atom stereocenters. The predicted molar refractivity (Wildman–Crippen MR) is 58.8 cm³/mol. The van der Waals surface area contributed by atoms with Crippen molar-refractivity contribution in [3.63, 3.8) is 0 Å². The van der Waals surface area contributed by atoms with Crippen molar-refractivity contribution in [2.45, 2.75) is 0 Å². The Morgan fingerprint density at radius 1 is 1.50 bits per heavy atom. The van der Waals surface area contributed by atoms with Crippen LogP contribution in [0.3, 0.4) is 0 Å². The fourth-order valence-electron chi connectivity index (χ4n) is 0.999. The molecule has 0 spiro atoms. The number of phenolic OH excluding ortho intramolecular Hbond substituents is 1. The van der Waals surface area contributed by atoms with Crippen LogP contribution < -0.4 is 5.32 Å². The van der Waals surface area contributed by atoms with Gasteiger partial charge in [0.1, 0.15) is 5.75 Å². The lowest BCUT2D eigenvalue weighted by Crippen LogP contribution is -2.11. The molecule has 2 N–H and O–H groups in total. The zero-order valence-corrected chi connectivity index (χ0v) is 9.29. The third-order valence-electron chi connectivity index (χ3n) is 1.73. The van der Waals surface area contributed by atoms with E-state index in [0.29, 0.717) is 10.7 Å². The molecule has 0 saturated carbocycles. The van der Waals surface area contributed by atoms with Gasteiger partial charge in [0.05, 0.1) is 5.02 Å². The maximum atomic E-state index is 11.6. The summed E-state index contributed by atoms with van der Waals surface area (Å²) in [6, 6.07) is 4.15. The van der Waals surface area contributed by atoms with Gasteiger partial charge in [-0.2, -0.15) is 0 Å². The molecule has 0 bridgehead atoms. The molecule has 0 saturated heterocycles. The molecule has 8 heteroatoms. The molecule has 0 aliphatic rings. The first-order valence-electron chi connectivity index (χ1n) is 4.12. The molecule has 0 fully saturated rings. The highest BCUT2D eigenvalue weighted by Crippen LogP contribution is 2.24. The SMILES string of the molecule is O=C(Nc1nnns1)c1ccc(O)c(Cl)c1. The highest BCUT2D eigenvalue weighted by atomic mass is 35.5. The number of carbonyl (C=O) groups excluding carboxylic acids is 1. The third kappa shape index (κ3) is 2.26. The first-order chi connectivity index (χ1) is 7.66. The van der Waals surface area contributed by atoms with Gasteiger partial charge >= 0.3 is 0 Å². The summed E-state index contributed by atoms with van der Waals surface area (Å²) in [6.45, 7) is 0. The summed E-state index contributed by atoms with van der Waals surface area (Å²) in [5.41, 5.74) is 0.318. The number of aromatic nitrogens is 3. The minimum Gasteiger partial charge on any atom is -0.506 e. The minimum absolute atomic E-state index is 0.0733. The molecule has 6 nitrogen and oxygen atoms in total. The maximum absolute atomic E-state index is 11.6. The van der Waals surface area contributed by atoms with Gasteiger partial charge in [0.15, 0.2) is 0 Å². The number of benzene rings is 1. The van der Waals surface area contributed by atoms with Crippen molar-refractivity contribution in [1.29, 1.82) is 0 Å². The number of aromatic hydroxyl groups is 1. The Hall–Kier alpha value is -1.73. The minimum atomic E-state index is -0.388. The van der Waals surface area contributed by atoms with Crippen molar-refractivity contribution in [1.82, 2.24) is 14.8 Å². The summed E-state index contributed by atoms with van der Waals surface area (Å²) in [4.78, 5) is 11.6. The fraction of sp³-hybridized carbons (Fsp3) is 0. The molecule has 1 aromatic carbocycles. The Morgan fingerprint density at radius 3 is 2.94 bits per heavy atom. The molecular weight excluding hydrogens is 252 g/mol. The van der Waals surface area contributed by atoms with E-state index >= 15 is 0 Å². The van der Waals surface area contributed by atoms with Crippen LogP contribution in [0.25, 0.3) is 0 Å². The van der Waals surface area contributed by atoms with Gasteiger partial charge in [-0.05, 0) is 23.4 Å². The zero-order chi connectivity index (χ0) is 11.5. The summed E-state index contributed by atoms with van der Waals surface area (Å²) >= 11 is 6.64. The molecular formula is C8H5ClN4O2S. The lowest BCUT2D eigenvalue weighted by atomic mass is 10.2. The van der Waals surface area contributed by atoms with E-state index in [-0.39, 0.29) is 16.7 Å². The average molecular weight is 257 g/mol. The van der Waals surface area contributed by atoms with Crippen molar-refractivity contribution >= 4 is 34.2 Å². The van der Waals surface area contributed by atoms with Crippen LogP contribution in [0.2, 0.25) is 5.02 Å². The van der Waals surface area contributed by atoms with E-state index in [1.807, 2.05) is 0 Å². The highest BCUT2D eigenvalue weighted by molar-refractivity contribution is 7.09. The van der Waals surface area contributed by atoms with Crippen molar-refractivity contribution in [2.24, 2.45) is 0 Å². The molecule has 2 aromatic rings. The standard InChI is InChI=1S/C8H5ClN4O2S/c9-5-3-4(1-2-6(5)14)7(15)10-8-11-12-13-16-8/h1-3,14H,(H,10,11,13,15). The second-order valence-corrected chi connectivity index (χ2v) is 3.93. The lowest BCUT2D eigenvalue weighted by molar-refractivity contribution is 0.102. The van der Waals surface area contributed by atoms with Gasteiger partial charge in [0, 0.05) is 17.1 Å². The summed E-state index contributed by atoms with van der Waals surface area (Å²) in [7, 11) is 0. The molecule has 0 radical (unpaired) electrons. The molecule has 1 amide bonds. The molecule has 2 rings (SSSR count). The molecule has 1 heterocycles. The Labute approximate surface area is 99.0 Å². The first kappa shape index (κ1) is 10.8. The van der Waals surface area contributed by atoms with E-state index in [1.165, 1.54) is 18.2 Å². The number of phenols is 1. The Kier molecular flexibility index (Phi) is 2.97. The normalized spacial score (nSPS) is 10.1. The van der Waals surface area contributed by atoms with Crippen LogP contribution in [0.15, 0.2) is 18.2 Å². The number of amides is 1. The van der Waals surface area contributed by atoms with E-state index in [2.05, 4.69) is 20.1 Å². The number of nitrogens with one attached hydrogen (secondary N) is 1. The van der Waals surface area contributed by atoms with E-state index in [4.69, 9.17) is 11.6 Å². The van der Waals surface area contributed by atoms with Gasteiger partial charge < -0.3 is 5.11 Å². The highest BCUT2D eigenvalue weighted by Gasteiger charge is 2.10. The lowest BCUT2D eigenvalue weighted by Gasteiger charge is -2.02. The fourth-order valence-corrected chi connectivity index (χ4v) is 1.54. The summed E-state index contributed by atoms with van der Waals surface area (Å²) in [5, 5.41) is 19.0. The van der Waals surface area contributed by atoms with Gasteiger partial charge in [-0.3, -0.25) is 10.1 Å². The number of nitrogens with zero attached hydrogens (tertiary/aromatic N) is 3. The van der Waals surface area contributed by atoms with Crippen LogP contribution in [0.1, 0.15) is 10.4 Å². The molecule has 0 atom stereocenters. The first-order valence-corrected chi connectivity index (χ1v) is 5.27. The number of rotatable bonds is 2. The largest absolute Gasteiger partial charge is 0.506 e. The van der Waals surface area contributed by atoms with E-state index in [0.717, 1.165) is 11.5 Å². The van der Waals surface area contributed by atoms with E-state index in [9.17, 15) is 9.90 Å². The van der Waals surface area contributed by atoms with Crippen molar-refractivity contribution in [3.05, 3.63) is 28.8 Å². The van der Waals surface area contributed by atoms with Crippen LogP contribution in [0.5, 0.6) is 5.75 Å². The van der Waals surface area contributed by atoms with Crippen molar-refractivity contribution in [2.75, 3.05) is 5.32 Å². The Balaban J connectivity index is 2.18. The molecule has 16 heavy (non-hydrogen) atoms. The topological polar surface area (TPSA) is 88.0 Å². The quantitative estimate of drug-likeness (QED) is 0.851. The molecule has 82 valence electrons. The maximum Gasteiger partial charge on any atom is 0.257 e. The summed E-state index contributed by atoms with van der Waals surface area (Å²) < 4.78 is 3.50. The van der Waals surface area contributed by atoms with Crippen LogP contribution in [0, 0.1) is 0 Å². The van der Waals surface area contributed by atoms with E-state index < -0.39 is 0 Å². The molecule has 0 aliphatic heterocycles. The Bertz CT molecular complexity index is 517. The van der Waals surface area contributed by atoms with Gasteiger partial charge in [0.2, 0.25) is 5.13 Å².